The van der Waals surface area contributed by atoms with E-state index in [0.717, 1.165) is 36.7 Å². The van der Waals surface area contributed by atoms with Gasteiger partial charge in [-0.25, -0.2) is 0 Å². The molecule has 0 bridgehead atoms. The van der Waals surface area contributed by atoms with Crippen LogP contribution in [-0.2, 0) is 11.8 Å². The molecule has 6 nitrogen and oxygen atoms in total. The van der Waals surface area contributed by atoms with Crippen molar-refractivity contribution in [2.24, 2.45) is 13.0 Å². The maximum absolute atomic E-state index is 6.04. The van der Waals surface area contributed by atoms with Crippen LogP contribution in [0.1, 0.15) is 53.9 Å². The fraction of sp³-hybridized carbons (Fsp3) is 0.647. The molecule has 2 aromatic rings. The van der Waals surface area contributed by atoms with E-state index in [1.54, 1.807) is 0 Å². The lowest BCUT2D eigenvalue weighted by atomic mass is 9.93. The van der Waals surface area contributed by atoms with Gasteiger partial charge in [-0.2, -0.15) is 5.10 Å². The van der Waals surface area contributed by atoms with Crippen LogP contribution in [0.5, 0.6) is 0 Å². The molecule has 3 heterocycles. The molecule has 1 aliphatic heterocycles. The zero-order valence-electron chi connectivity index (χ0n) is 14.6. The molecule has 3 atom stereocenters. The minimum atomic E-state index is 0.127. The molecule has 1 saturated heterocycles. The second kappa shape index (κ2) is 6.45. The van der Waals surface area contributed by atoms with Crippen molar-refractivity contribution < 1.29 is 9.26 Å². The van der Waals surface area contributed by atoms with Crippen LogP contribution in [0.2, 0.25) is 0 Å². The number of hydrogen-bond acceptors (Lipinski definition) is 5. The standard InChI is InChI=1S/C17H26N4O2/c1-10-8-15(20-23-10)11(2)18-9-14-6-7-22-17(14)16-12(3)19-21(5)13(16)4/h8,11,14,17-18H,6-7,9H2,1-5H3/t11?,14-,17+/m1/s1. The van der Waals surface area contributed by atoms with Gasteiger partial charge < -0.3 is 14.6 Å². The smallest absolute Gasteiger partial charge is 0.133 e. The Bertz CT molecular complexity index is 676. The van der Waals surface area contributed by atoms with E-state index in [2.05, 4.69) is 36.3 Å². The minimum absolute atomic E-state index is 0.127. The number of hydrogen-bond donors (Lipinski definition) is 1. The fourth-order valence-electron chi connectivity index (χ4n) is 3.39. The Labute approximate surface area is 137 Å². The summed E-state index contributed by atoms with van der Waals surface area (Å²) in [6.45, 7) is 9.91. The van der Waals surface area contributed by atoms with E-state index < -0.39 is 0 Å². The second-order valence-corrected chi connectivity index (χ2v) is 6.54. The molecular weight excluding hydrogens is 292 g/mol. The molecule has 23 heavy (non-hydrogen) atoms. The number of aromatic nitrogens is 3. The van der Waals surface area contributed by atoms with Crippen molar-refractivity contribution in [3.8, 4) is 0 Å². The molecule has 0 amide bonds. The van der Waals surface area contributed by atoms with Gasteiger partial charge in [-0.1, -0.05) is 5.16 Å². The van der Waals surface area contributed by atoms with Gasteiger partial charge in [-0.15, -0.1) is 0 Å². The third-order valence-electron chi connectivity index (χ3n) is 4.84. The van der Waals surface area contributed by atoms with E-state index in [0.29, 0.717) is 5.92 Å². The number of nitrogens with one attached hydrogen (secondary N) is 1. The molecule has 2 aromatic heterocycles. The highest BCUT2D eigenvalue weighted by atomic mass is 16.5. The highest BCUT2D eigenvalue weighted by Crippen LogP contribution is 2.37. The second-order valence-electron chi connectivity index (χ2n) is 6.54. The normalized spacial score (nSPS) is 22.7. The van der Waals surface area contributed by atoms with Gasteiger partial charge >= 0.3 is 0 Å². The fourth-order valence-corrected chi connectivity index (χ4v) is 3.39. The summed E-state index contributed by atoms with van der Waals surface area (Å²) in [6, 6.07) is 2.15. The van der Waals surface area contributed by atoms with Crippen molar-refractivity contribution in [1.29, 1.82) is 0 Å². The first-order valence-electron chi connectivity index (χ1n) is 8.25. The summed E-state index contributed by atoms with van der Waals surface area (Å²) < 4.78 is 13.1. The Morgan fingerprint density at radius 1 is 1.39 bits per heavy atom. The van der Waals surface area contributed by atoms with Crippen molar-refractivity contribution in [2.75, 3.05) is 13.2 Å². The first-order chi connectivity index (χ1) is 11.0. The van der Waals surface area contributed by atoms with Gasteiger partial charge in [0.25, 0.3) is 0 Å². The van der Waals surface area contributed by atoms with Crippen molar-refractivity contribution in [3.05, 3.63) is 34.5 Å². The van der Waals surface area contributed by atoms with Crippen molar-refractivity contribution in [1.82, 2.24) is 20.3 Å². The SMILES string of the molecule is Cc1cc(C(C)NC[C@H]2CCO[C@@H]2c2c(C)nn(C)c2C)no1. The Morgan fingerprint density at radius 3 is 2.78 bits per heavy atom. The summed E-state index contributed by atoms with van der Waals surface area (Å²) >= 11 is 0. The minimum Gasteiger partial charge on any atom is -0.373 e. The van der Waals surface area contributed by atoms with Crippen LogP contribution in [0.4, 0.5) is 0 Å². The zero-order valence-corrected chi connectivity index (χ0v) is 14.6. The maximum atomic E-state index is 6.04. The molecule has 1 aliphatic rings. The largest absolute Gasteiger partial charge is 0.373 e. The molecule has 6 heteroatoms. The van der Waals surface area contributed by atoms with Crippen molar-refractivity contribution in [2.45, 2.75) is 46.3 Å². The highest BCUT2D eigenvalue weighted by molar-refractivity contribution is 5.28. The Balaban J connectivity index is 1.67. The monoisotopic (exact) mass is 318 g/mol. The molecule has 126 valence electrons. The average molecular weight is 318 g/mol. The Hall–Kier alpha value is -1.66. The predicted octanol–water partition coefficient (Wildman–Crippen LogP) is 2.76. The van der Waals surface area contributed by atoms with Crippen molar-refractivity contribution >= 4 is 0 Å². The van der Waals surface area contributed by atoms with Gasteiger partial charge in [0, 0.05) is 43.4 Å². The number of aryl methyl sites for hydroxylation is 3. The summed E-state index contributed by atoms with van der Waals surface area (Å²) in [7, 11) is 1.99. The molecule has 0 spiro atoms. The highest BCUT2D eigenvalue weighted by Gasteiger charge is 2.33. The summed E-state index contributed by atoms with van der Waals surface area (Å²) in [4.78, 5) is 0. The quantitative estimate of drug-likeness (QED) is 0.918. The van der Waals surface area contributed by atoms with Gasteiger partial charge in [0.05, 0.1) is 17.8 Å². The van der Waals surface area contributed by atoms with Crippen LogP contribution in [0.15, 0.2) is 10.6 Å². The first kappa shape index (κ1) is 16.2. The van der Waals surface area contributed by atoms with E-state index in [-0.39, 0.29) is 12.1 Å². The van der Waals surface area contributed by atoms with Gasteiger partial charge in [-0.05, 0) is 34.1 Å². The van der Waals surface area contributed by atoms with Crippen LogP contribution in [0, 0.1) is 26.7 Å². The zero-order chi connectivity index (χ0) is 16.6. The van der Waals surface area contributed by atoms with Crippen molar-refractivity contribution in [3.63, 3.8) is 0 Å². The number of nitrogens with zero attached hydrogens (tertiary/aromatic N) is 3. The molecule has 1 fully saturated rings. The number of ether oxygens (including phenoxy) is 1. The third-order valence-corrected chi connectivity index (χ3v) is 4.84. The van der Waals surface area contributed by atoms with Crippen LogP contribution in [-0.4, -0.2) is 28.1 Å². The molecular formula is C17H26N4O2. The molecule has 0 radical (unpaired) electrons. The summed E-state index contributed by atoms with van der Waals surface area (Å²) in [5, 5.41) is 12.2. The van der Waals surface area contributed by atoms with Gasteiger partial charge in [-0.3, -0.25) is 4.68 Å². The third kappa shape index (κ3) is 3.19. The summed E-state index contributed by atoms with van der Waals surface area (Å²) in [5.41, 5.74) is 4.47. The molecule has 3 rings (SSSR count). The predicted molar refractivity (Wildman–Crippen MR) is 87.1 cm³/mol. The molecule has 1 unspecified atom stereocenters. The Morgan fingerprint density at radius 2 is 2.17 bits per heavy atom. The van der Waals surface area contributed by atoms with E-state index in [4.69, 9.17) is 9.26 Å². The molecule has 1 N–H and O–H groups in total. The van der Waals surface area contributed by atoms with E-state index in [1.807, 2.05) is 24.7 Å². The van der Waals surface area contributed by atoms with E-state index in [9.17, 15) is 0 Å². The molecule has 0 aromatic carbocycles. The van der Waals surface area contributed by atoms with Gasteiger partial charge in [0.15, 0.2) is 0 Å². The maximum Gasteiger partial charge on any atom is 0.133 e. The van der Waals surface area contributed by atoms with Crippen LogP contribution in [0.25, 0.3) is 0 Å². The van der Waals surface area contributed by atoms with E-state index in [1.165, 1.54) is 11.3 Å². The van der Waals surface area contributed by atoms with E-state index >= 15 is 0 Å². The topological polar surface area (TPSA) is 65.1 Å². The lowest BCUT2D eigenvalue weighted by Crippen LogP contribution is -2.28. The molecule has 0 aliphatic carbocycles. The molecule has 0 saturated carbocycles. The van der Waals surface area contributed by atoms with Gasteiger partial charge in [0.2, 0.25) is 0 Å². The van der Waals surface area contributed by atoms with Crippen LogP contribution >= 0.6 is 0 Å². The lowest BCUT2D eigenvalue weighted by molar-refractivity contribution is 0.0888. The Kier molecular flexibility index (Phi) is 4.55. The van der Waals surface area contributed by atoms with Crippen LogP contribution < -0.4 is 5.32 Å². The lowest BCUT2D eigenvalue weighted by Gasteiger charge is -2.21. The number of rotatable bonds is 5. The summed E-state index contributed by atoms with van der Waals surface area (Å²) in [6.07, 6.45) is 1.19. The average Bonchev–Trinajstić information content (AvgIpc) is 3.18. The van der Waals surface area contributed by atoms with Gasteiger partial charge in [0.1, 0.15) is 11.5 Å². The first-order valence-corrected chi connectivity index (χ1v) is 8.25. The summed E-state index contributed by atoms with van der Waals surface area (Å²) in [5.74, 6) is 1.30. The van der Waals surface area contributed by atoms with Crippen LogP contribution in [0.3, 0.4) is 0 Å².